The van der Waals surface area contributed by atoms with Gasteiger partial charge in [-0.2, -0.15) is 10.4 Å². The molecule has 1 rings (SSSR count). The van der Waals surface area contributed by atoms with Gasteiger partial charge in [0.25, 0.3) is 0 Å². The van der Waals surface area contributed by atoms with Crippen molar-refractivity contribution in [3.05, 3.63) is 18.0 Å². The molecule has 0 fully saturated rings. The van der Waals surface area contributed by atoms with Crippen molar-refractivity contribution < 1.29 is 9.53 Å². The van der Waals surface area contributed by atoms with E-state index in [2.05, 4.69) is 10.2 Å². The van der Waals surface area contributed by atoms with Crippen LogP contribution in [0.1, 0.15) is 23.7 Å². The number of nitriles is 1. The molecular weight excluding hydrogens is 194 g/mol. The molecule has 5 heteroatoms. The zero-order valence-corrected chi connectivity index (χ0v) is 8.73. The first-order valence-corrected chi connectivity index (χ1v) is 4.64. The third-order valence-corrected chi connectivity index (χ3v) is 2.23. The topological polar surface area (TPSA) is 78.8 Å². The lowest BCUT2D eigenvalue weighted by Crippen LogP contribution is -2.19. The number of aromatic nitrogens is 2. The van der Waals surface area contributed by atoms with E-state index < -0.39 is 5.92 Å². The van der Waals surface area contributed by atoms with E-state index >= 15 is 0 Å². The molecule has 0 aliphatic rings. The van der Waals surface area contributed by atoms with E-state index in [4.69, 9.17) is 10.00 Å². The maximum Gasteiger partial charge on any atom is 0.183 e. The monoisotopic (exact) mass is 207 g/mol. The highest BCUT2D eigenvalue weighted by Crippen LogP contribution is 2.14. The van der Waals surface area contributed by atoms with Gasteiger partial charge in [-0.15, -0.1) is 0 Å². The molecule has 80 valence electrons. The third kappa shape index (κ3) is 2.89. The van der Waals surface area contributed by atoms with Crippen LogP contribution >= 0.6 is 0 Å². The van der Waals surface area contributed by atoms with Crippen molar-refractivity contribution in [1.29, 1.82) is 5.26 Å². The van der Waals surface area contributed by atoms with E-state index in [-0.39, 0.29) is 11.9 Å². The number of nitrogens with zero attached hydrogens (tertiary/aromatic N) is 2. The number of nitrogens with one attached hydrogen (secondary N) is 1. The largest absolute Gasteiger partial charge is 0.382 e. The number of ketones is 1. The van der Waals surface area contributed by atoms with Crippen LogP contribution in [-0.2, 0) is 4.74 Å². The first kappa shape index (κ1) is 11.4. The Hall–Kier alpha value is -1.67. The standard InChI is InChI=1S/C10H13N3O2/c1-7(15-2)3-8(4-11)10(14)9-5-12-13-6-9/h5-8H,3H2,1-2H3,(H,12,13). The summed E-state index contributed by atoms with van der Waals surface area (Å²) in [5.41, 5.74) is 0.435. The Morgan fingerprint density at radius 1 is 1.80 bits per heavy atom. The van der Waals surface area contributed by atoms with Crippen LogP contribution in [-0.4, -0.2) is 29.2 Å². The summed E-state index contributed by atoms with van der Waals surface area (Å²) in [5, 5.41) is 15.1. The van der Waals surface area contributed by atoms with Crippen molar-refractivity contribution in [1.82, 2.24) is 10.2 Å². The van der Waals surface area contributed by atoms with Crippen molar-refractivity contribution in [2.75, 3.05) is 7.11 Å². The fourth-order valence-corrected chi connectivity index (χ4v) is 1.23. The van der Waals surface area contributed by atoms with Gasteiger partial charge in [-0.05, 0) is 13.3 Å². The molecule has 0 radical (unpaired) electrons. The van der Waals surface area contributed by atoms with Crippen LogP contribution in [0.2, 0.25) is 0 Å². The zero-order valence-electron chi connectivity index (χ0n) is 8.73. The quantitative estimate of drug-likeness (QED) is 0.735. The lowest BCUT2D eigenvalue weighted by Gasteiger charge is -2.12. The Balaban J connectivity index is 2.68. The molecule has 0 aliphatic carbocycles. The van der Waals surface area contributed by atoms with Crippen molar-refractivity contribution in [3.63, 3.8) is 0 Å². The molecule has 1 aromatic rings. The van der Waals surface area contributed by atoms with Gasteiger partial charge in [0.15, 0.2) is 5.78 Å². The van der Waals surface area contributed by atoms with E-state index in [9.17, 15) is 4.79 Å². The van der Waals surface area contributed by atoms with Crippen LogP contribution in [0.3, 0.4) is 0 Å². The molecular formula is C10H13N3O2. The summed E-state index contributed by atoms with van der Waals surface area (Å²) in [5.74, 6) is -0.882. The Kier molecular flexibility index (Phi) is 4.01. The number of hydrogen-bond donors (Lipinski definition) is 1. The van der Waals surface area contributed by atoms with E-state index in [0.717, 1.165) is 0 Å². The maximum absolute atomic E-state index is 11.8. The summed E-state index contributed by atoms with van der Waals surface area (Å²) in [6.45, 7) is 1.83. The van der Waals surface area contributed by atoms with Gasteiger partial charge >= 0.3 is 0 Å². The first-order valence-electron chi connectivity index (χ1n) is 4.64. The highest BCUT2D eigenvalue weighted by molar-refractivity contribution is 5.98. The number of methoxy groups -OCH3 is 1. The van der Waals surface area contributed by atoms with Crippen molar-refractivity contribution in [2.45, 2.75) is 19.4 Å². The van der Waals surface area contributed by atoms with Gasteiger partial charge in [-0.3, -0.25) is 9.89 Å². The molecule has 0 amide bonds. The summed E-state index contributed by atoms with van der Waals surface area (Å²) in [4.78, 5) is 11.8. The summed E-state index contributed by atoms with van der Waals surface area (Å²) < 4.78 is 5.02. The molecule has 0 spiro atoms. The van der Waals surface area contributed by atoms with Crippen LogP contribution in [0.25, 0.3) is 0 Å². The SMILES string of the molecule is COC(C)CC(C#N)C(=O)c1cn[nH]c1. The maximum atomic E-state index is 11.8. The number of Topliss-reactive ketones (excluding diaryl/α,β-unsaturated/α-hetero) is 1. The second kappa shape index (κ2) is 5.27. The number of H-pyrrole nitrogens is 1. The number of rotatable bonds is 5. The van der Waals surface area contributed by atoms with Crippen molar-refractivity contribution >= 4 is 5.78 Å². The zero-order chi connectivity index (χ0) is 11.3. The Bertz CT molecular complexity index is 353. The van der Waals surface area contributed by atoms with Crippen molar-refractivity contribution in [3.8, 4) is 6.07 Å². The number of carbonyl (C=O) groups is 1. The smallest absolute Gasteiger partial charge is 0.183 e. The molecule has 0 saturated heterocycles. The molecule has 5 nitrogen and oxygen atoms in total. The molecule has 2 unspecified atom stereocenters. The highest BCUT2D eigenvalue weighted by Gasteiger charge is 2.22. The number of carbonyl (C=O) groups excluding carboxylic acids is 1. The molecule has 2 atom stereocenters. The molecule has 1 aromatic heterocycles. The Morgan fingerprint density at radius 2 is 2.53 bits per heavy atom. The van der Waals surface area contributed by atoms with Crippen LogP contribution < -0.4 is 0 Å². The van der Waals surface area contributed by atoms with Crippen LogP contribution in [0, 0.1) is 17.2 Å². The van der Waals surface area contributed by atoms with Gasteiger partial charge in [0.2, 0.25) is 0 Å². The van der Waals surface area contributed by atoms with E-state index in [1.54, 1.807) is 7.11 Å². The predicted octanol–water partition coefficient (Wildman–Crippen LogP) is 1.16. The third-order valence-electron chi connectivity index (χ3n) is 2.23. The minimum Gasteiger partial charge on any atom is -0.382 e. The summed E-state index contributed by atoms with van der Waals surface area (Å²) in [6, 6.07) is 1.98. The Labute approximate surface area is 88.1 Å². The Morgan fingerprint density at radius 3 is 3.00 bits per heavy atom. The second-order valence-electron chi connectivity index (χ2n) is 3.31. The van der Waals surface area contributed by atoms with E-state index in [1.165, 1.54) is 12.4 Å². The van der Waals surface area contributed by atoms with Gasteiger partial charge < -0.3 is 4.74 Å². The fourth-order valence-electron chi connectivity index (χ4n) is 1.23. The fraction of sp³-hybridized carbons (Fsp3) is 0.500. The predicted molar refractivity (Wildman–Crippen MR) is 53.1 cm³/mol. The highest BCUT2D eigenvalue weighted by atomic mass is 16.5. The van der Waals surface area contributed by atoms with Crippen LogP contribution in [0.5, 0.6) is 0 Å². The molecule has 1 heterocycles. The summed E-state index contributed by atoms with van der Waals surface area (Å²) in [6.07, 6.45) is 3.20. The lowest BCUT2D eigenvalue weighted by atomic mass is 9.95. The molecule has 15 heavy (non-hydrogen) atoms. The lowest BCUT2D eigenvalue weighted by molar-refractivity contribution is 0.0805. The number of ether oxygens (including phenoxy) is 1. The summed E-state index contributed by atoms with van der Waals surface area (Å²) >= 11 is 0. The minimum atomic E-state index is -0.669. The number of hydrogen-bond acceptors (Lipinski definition) is 4. The molecule has 0 saturated carbocycles. The average molecular weight is 207 g/mol. The average Bonchev–Trinajstić information content (AvgIpc) is 2.77. The van der Waals surface area contributed by atoms with Gasteiger partial charge in [0.1, 0.15) is 5.92 Å². The van der Waals surface area contributed by atoms with Crippen LogP contribution in [0.4, 0.5) is 0 Å². The number of aromatic amines is 1. The van der Waals surface area contributed by atoms with Crippen molar-refractivity contribution in [2.24, 2.45) is 5.92 Å². The molecule has 0 aliphatic heterocycles. The molecule has 0 bridgehead atoms. The molecule has 0 aromatic carbocycles. The summed E-state index contributed by atoms with van der Waals surface area (Å²) in [7, 11) is 1.56. The van der Waals surface area contributed by atoms with Gasteiger partial charge in [0, 0.05) is 13.3 Å². The normalized spacial score (nSPS) is 14.2. The van der Waals surface area contributed by atoms with Crippen LogP contribution in [0.15, 0.2) is 12.4 Å². The second-order valence-corrected chi connectivity index (χ2v) is 3.31. The van der Waals surface area contributed by atoms with E-state index in [0.29, 0.717) is 12.0 Å². The first-order chi connectivity index (χ1) is 7.19. The van der Waals surface area contributed by atoms with Gasteiger partial charge in [-0.1, -0.05) is 0 Å². The van der Waals surface area contributed by atoms with E-state index in [1.807, 2.05) is 13.0 Å². The minimum absolute atomic E-state index is 0.106. The van der Waals surface area contributed by atoms with Gasteiger partial charge in [-0.25, -0.2) is 0 Å². The van der Waals surface area contributed by atoms with Gasteiger partial charge in [0.05, 0.1) is 23.9 Å². The molecule has 1 N–H and O–H groups in total.